The smallest absolute Gasteiger partial charge is 0.209 e. The summed E-state index contributed by atoms with van der Waals surface area (Å²) in [6, 6.07) is 17.7. The highest BCUT2D eigenvalue weighted by Gasteiger charge is 2.43. The molecule has 0 saturated carbocycles. The van der Waals surface area contributed by atoms with E-state index in [1.54, 1.807) is 0 Å². The second-order valence-electron chi connectivity index (χ2n) is 12.1. The Morgan fingerprint density at radius 3 is 2.12 bits per heavy atom. The van der Waals surface area contributed by atoms with Crippen molar-refractivity contribution < 1.29 is 33.5 Å². The molecule has 3 aliphatic rings. The minimum absolute atomic E-state index is 0.00605. The fourth-order valence-corrected chi connectivity index (χ4v) is 6.90. The summed E-state index contributed by atoms with van der Waals surface area (Å²) in [5.41, 5.74) is 12.4. The van der Waals surface area contributed by atoms with Gasteiger partial charge in [0.15, 0.2) is 5.71 Å². The number of para-hydroxylation sites is 2. The molecular weight excluding hydrogens is 562 g/mol. The molecule has 0 radical (unpaired) electrons. The van der Waals surface area contributed by atoms with Crippen LogP contribution >= 0.6 is 0 Å². The minimum Gasteiger partial charge on any atom is -0.388 e. The van der Waals surface area contributed by atoms with Crippen molar-refractivity contribution in [3.8, 4) is 0 Å². The Morgan fingerprint density at radius 2 is 1.49 bits per heavy atom. The molecule has 7 nitrogen and oxygen atoms in total. The predicted molar refractivity (Wildman–Crippen MR) is 163 cm³/mol. The van der Waals surface area contributed by atoms with Crippen LogP contribution < -0.4 is 28.9 Å². The first-order valence-corrected chi connectivity index (χ1v) is 16.2. The monoisotopic (exact) mass is 605 g/mol. The number of nitrogens with one attached hydrogen (secondary N) is 1. The zero-order valence-electron chi connectivity index (χ0n) is 26.4. The topological polar surface area (TPSA) is 111 Å². The molecule has 230 valence electrons. The van der Waals surface area contributed by atoms with Crippen molar-refractivity contribution in [1.29, 1.82) is 0 Å². The molecular formula is C35H44ClN3O4. The molecule has 2 aliphatic heterocycles. The minimum atomic E-state index is -4.94. The van der Waals surface area contributed by atoms with E-state index in [1.165, 1.54) is 57.2 Å². The Bertz CT molecular complexity index is 1500. The third kappa shape index (κ3) is 6.66. The summed E-state index contributed by atoms with van der Waals surface area (Å²) in [5.74, 6) is 0. The van der Waals surface area contributed by atoms with E-state index in [4.69, 9.17) is 18.6 Å². The van der Waals surface area contributed by atoms with Gasteiger partial charge in [0, 0.05) is 53.8 Å². The van der Waals surface area contributed by atoms with Crippen LogP contribution in [0.2, 0.25) is 0 Å². The molecule has 1 aliphatic carbocycles. The number of hydrogen-bond donors (Lipinski definition) is 1. The number of allylic oxidation sites excluding steroid dienone is 7. The number of halogens is 1. The van der Waals surface area contributed by atoms with E-state index in [0.29, 0.717) is 0 Å². The molecule has 0 aromatic heterocycles. The molecule has 0 amide bonds. The molecule has 0 bridgehead atoms. The quantitative estimate of drug-likeness (QED) is 0.507. The van der Waals surface area contributed by atoms with E-state index >= 15 is 0 Å². The Kier molecular flexibility index (Phi) is 9.74. The highest BCUT2D eigenvalue weighted by atomic mass is 35.7. The Morgan fingerprint density at radius 1 is 0.860 bits per heavy atom. The van der Waals surface area contributed by atoms with Gasteiger partial charge >= 0.3 is 0 Å². The highest BCUT2D eigenvalue weighted by molar-refractivity contribution is 6.03. The van der Waals surface area contributed by atoms with Gasteiger partial charge < -0.3 is 10.2 Å². The standard InChI is InChI=1S/C35H43N3.ClHO4/c1-8-37-29-19-12-10-17-27(29)34(3,4)31(37)23-21-25-15-14-16-26(33(25)36-7)22-24-32-35(5,6)28-18-11-13-20-30(28)38(32)9-2;2-1(3,4)5/h10-13,17-24H,8-9,14-16H2,1-7H3;(H,2,3,4,5)/b25-21+,31-23+;. The van der Waals surface area contributed by atoms with Gasteiger partial charge in [-0.3, -0.25) is 0 Å². The summed E-state index contributed by atoms with van der Waals surface area (Å²) in [7, 11) is -2.87. The largest absolute Gasteiger partial charge is 0.388 e. The number of anilines is 1. The average Bonchev–Trinajstić information content (AvgIpc) is 3.32. The first kappa shape index (κ1) is 32.7. The molecule has 0 unspecified atom stereocenters. The molecule has 2 aromatic carbocycles. The first-order valence-electron chi connectivity index (χ1n) is 15.0. The van der Waals surface area contributed by atoms with Gasteiger partial charge in [-0.2, -0.15) is 4.58 Å². The van der Waals surface area contributed by atoms with Crippen molar-refractivity contribution in [3.05, 3.63) is 107 Å². The van der Waals surface area contributed by atoms with Crippen molar-refractivity contribution in [1.82, 2.24) is 5.32 Å². The van der Waals surface area contributed by atoms with Crippen LogP contribution in [0.3, 0.4) is 0 Å². The fraction of sp³-hybridized carbons (Fsp3) is 0.400. The Labute approximate surface area is 258 Å². The van der Waals surface area contributed by atoms with Crippen LogP contribution in [-0.4, -0.2) is 30.4 Å². The number of benzene rings is 2. The number of hydrogen-bond acceptors (Lipinski definition) is 6. The van der Waals surface area contributed by atoms with Crippen molar-refractivity contribution >= 4 is 17.1 Å². The van der Waals surface area contributed by atoms with Crippen LogP contribution in [0.5, 0.6) is 0 Å². The van der Waals surface area contributed by atoms with E-state index in [9.17, 15) is 0 Å². The van der Waals surface area contributed by atoms with E-state index in [1.807, 2.05) is 0 Å². The van der Waals surface area contributed by atoms with Crippen LogP contribution in [-0.2, 0) is 10.8 Å². The van der Waals surface area contributed by atoms with E-state index in [-0.39, 0.29) is 10.8 Å². The van der Waals surface area contributed by atoms with E-state index < -0.39 is 10.2 Å². The second kappa shape index (κ2) is 12.8. The average molecular weight is 606 g/mol. The lowest BCUT2D eigenvalue weighted by atomic mass is 9.81. The summed E-state index contributed by atoms with van der Waals surface area (Å²) in [4.78, 5) is 2.48. The fourth-order valence-electron chi connectivity index (χ4n) is 6.90. The number of likely N-dealkylation sites (N-methyl/N-ethyl adjacent to an activating group) is 2. The SMILES string of the molecule is CCN1/C(=C/C=C2\CCCC(/C=C/C3=[N+](CC)c4ccccc4C3(C)C)=C2NC)C(C)(C)c2ccccc21.[O-][Cl+3]([O-])([O-])[O-]. The van der Waals surface area contributed by atoms with Crippen LogP contribution in [0.1, 0.15) is 71.9 Å². The summed E-state index contributed by atoms with van der Waals surface area (Å²) in [6.45, 7) is 15.9. The molecule has 0 saturated heterocycles. The lowest BCUT2D eigenvalue weighted by molar-refractivity contribution is -2.00. The maximum Gasteiger partial charge on any atom is 0.209 e. The van der Waals surface area contributed by atoms with Gasteiger partial charge in [0.05, 0.1) is 5.41 Å². The van der Waals surface area contributed by atoms with E-state index in [2.05, 4.69) is 136 Å². The van der Waals surface area contributed by atoms with Crippen molar-refractivity contribution in [2.45, 2.75) is 71.6 Å². The third-order valence-electron chi connectivity index (χ3n) is 8.90. The maximum atomic E-state index is 8.49. The lowest BCUT2D eigenvalue weighted by Crippen LogP contribution is -2.68. The lowest BCUT2D eigenvalue weighted by Gasteiger charge is -2.26. The van der Waals surface area contributed by atoms with Crippen molar-refractivity contribution in [2.24, 2.45) is 0 Å². The van der Waals surface area contributed by atoms with Gasteiger partial charge in [0.1, 0.15) is 6.54 Å². The number of fused-ring (bicyclic) bond motifs is 2. The maximum absolute atomic E-state index is 8.49. The van der Waals surface area contributed by atoms with Crippen LogP contribution in [0.25, 0.3) is 0 Å². The summed E-state index contributed by atoms with van der Waals surface area (Å²) >= 11 is 0. The summed E-state index contributed by atoms with van der Waals surface area (Å²) in [6.07, 6.45) is 12.9. The van der Waals surface area contributed by atoms with Gasteiger partial charge in [-0.1, -0.05) is 62.4 Å². The molecule has 2 aromatic rings. The first-order chi connectivity index (χ1) is 20.2. The summed E-state index contributed by atoms with van der Waals surface area (Å²) < 4.78 is 36.5. The normalized spacial score (nSPS) is 21.0. The molecule has 5 rings (SSSR count). The number of rotatable bonds is 6. The third-order valence-corrected chi connectivity index (χ3v) is 8.90. The van der Waals surface area contributed by atoms with E-state index in [0.717, 1.165) is 25.9 Å². The number of nitrogens with zero attached hydrogens (tertiary/aromatic N) is 2. The summed E-state index contributed by atoms with van der Waals surface area (Å²) in [5, 5.41) is 3.58. The van der Waals surface area contributed by atoms with Crippen LogP contribution in [0, 0.1) is 10.2 Å². The van der Waals surface area contributed by atoms with Crippen LogP contribution in [0.4, 0.5) is 11.4 Å². The zero-order chi connectivity index (χ0) is 31.6. The Hall–Kier alpha value is -3.20. The second-order valence-corrected chi connectivity index (χ2v) is 12.9. The molecule has 8 heteroatoms. The van der Waals surface area contributed by atoms with Crippen molar-refractivity contribution in [3.63, 3.8) is 0 Å². The molecule has 43 heavy (non-hydrogen) atoms. The van der Waals surface area contributed by atoms with Gasteiger partial charge in [-0.15, -0.1) is 10.2 Å². The van der Waals surface area contributed by atoms with Crippen molar-refractivity contribution in [2.75, 3.05) is 25.0 Å². The van der Waals surface area contributed by atoms with Gasteiger partial charge in [0.25, 0.3) is 0 Å². The molecule has 0 fully saturated rings. The molecule has 0 spiro atoms. The zero-order valence-corrected chi connectivity index (χ0v) is 27.1. The predicted octanol–water partition coefficient (Wildman–Crippen LogP) is 3.17. The van der Waals surface area contributed by atoms with Crippen LogP contribution in [0.15, 0.2) is 95.4 Å². The molecule has 1 N–H and O–H groups in total. The highest BCUT2D eigenvalue weighted by Crippen LogP contribution is 2.47. The van der Waals surface area contributed by atoms with Gasteiger partial charge in [-0.25, -0.2) is 18.6 Å². The van der Waals surface area contributed by atoms with Gasteiger partial charge in [0.2, 0.25) is 5.69 Å². The Balaban J connectivity index is 0.000000782. The molecule has 0 atom stereocenters. The molecule has 2 heterocycles. The van der Waals surface area contributed by atoms with Gasteiger partial charge in [-0.05, 0) is 75.8 Å².